The Morgan fingerprint density at radius 3 is 2.78 bits per heavy atom. The van der Waals surface area contributed by atoms with Gasteiger partial charge >= 0.3 is 5.97 Å². The third-order valence-electron chi connectivity index (χ3n) is 2.73. The average Bonchev–Trinajstić information content (AvgIpc) is 2.36. The number of benzene rings is 1. The van der Waals surface area contributed by atoms with E-state index in [-0.39, 0.29) is 6.42 Å². The molecule has 0 aliphatic carbocycles. The van der Waals surface area contributed by atoms with E-state index in [1.54, 1.807) is 7.11 Å². The van der Waals surface area contributed by atoms with Gasteiger partial charge in [-0.05, 0) is 18.7 Å². The molecule has 1 aromatic carbocycles. The second-order valence-corrected chi connectivity index (χ2v) is 4.23. The predicted octanol–water partition coefficient (Wildman–Crippen LogP) is 1.06. The molecule has 5 heteroatoms. The molecule has 0 aliphatic rings. The standard InChI is InChI=1S/C13H20N2O3/c1-15(6-5-13(16)17)9-10-3-4-11(8-14)12(7-10)18-2/h3-4,7H,5-6,8-9,14H2,1-2H3,(H,16,17). The molecule has 0 spiro atoms. The Bertz CT molecular complexity index is 407. The highest BCUT2D eigenvalue weighted by Gasteiger charge is 2.06. The lowest BCUT2D eigenvalue weighted by atomic mass is 10.1. The molecule has 0 fully saturated rings. The van der Waals surface area contributed by atoms with Crippen LogP contribution in [0.25, 0.3) is 0 Å². The summed E-state index contributed by atoms with van der Waals surface area (Å²) < 4.78 is 5.26. The molecule has 0 aliphatic heterocycles. The van der Waals surface area contributed by atoms with Crippen LogP contribution < -0.4 is 10.5 Å². The molecule has 1 rings (SSSR count). The predicted molar refractivity (Wildman–Crippen MR) is 69.5 cm³/mol. The Balaban J connectivity index is 2.64. The van der Waals surface area contributed by atoms with Crippen molar-refractivity contribution in [2.75, 3.05) is 20.7 Å². The normalized spacial score (nSPS) is 10.7. The van der Waals surface area contributed by atoms with E-state index < -0.39 is 5.97 Å². The first-order valence-electron chi connectivity index (χ1n) is 5.83. The SMILES string of the molecule is COc1cc(CN(C)CCC(=O)O)ccc1CN. The van der Waals surface area contributed by atoms with Gasteiger partial charge in [0.1, 0.15) is 5.75 Å². The van der Waals surface area contributed by atoms with Gasteiger partial charge in [0.25, 0.3) is 0 Å². The Labute approximate surface area is 107 Å². The maximum atomic E-state index is 10.5. The molecule has 0 aromatic heterocycles. The molecular formula is C13H20N2O3. The highest BCUT2D eigenvalue weighted by atomic mass is 16.5. The van der Waals surface area contributed by atoms with Crippen molar-refractivity contribution < 1.29 is 14.6 Å². The molecule has 5 nitrogen and oxygen atoms in total. The van der Waals surface area contributed by atoms with Crippen LogP contribution >= 0.6 is 0 Å². The van der Waals surface area contributed by atoms with Gasteiger partial charge in [-0.2, -0.15) is 0 Å². The van der Waals surface area contributed by atoms with Gasteiger partial charge in [-0.1, -0.05) is 12.1 Å². The van der Waals surface area contributed by atoms with Crippen molar-refractivity contribution in [1.29, 1.82) is 0 Å². The van der Waals surface area contributed by atoms with Gasteiger partial charge in [-0.3, -0.25) is 4.79 Å². The summed E-state index contributed by atoms with van der Waals surface area (Å²) in [6.45, 7) is 1.66. The number of ether oxygens (including phenoxy) is 1. The molecule has 0 saturated carbocycles. The number of nitrogens with two attached hydrogens (primary N) is 1. The van der Waals surface area contributed by atoms with Crippen molar-refractivity contribution >= 4 is 5.97 Å². The fourth-order valence-corrected chi connectivity index (χ4v) is 1.73. The Hall–Kier alpha value is -1.59. The number of rotatable bonds is 7. The third-order valence-corrected chi connectivity index (χ3v) is 2.73. The summed E-state index contributed by atoms with van der Waals surface area (Å²) in [5, 5.41) is 8.62. The number of nitrogens with zero attached hydrogens (tertiary/aromatic N) is 1. The van der Waals surface area contributed by atoms with E-state index >= 15 is 0 Å². The zero-order chi connectivity index (χ0) is 13.5. The molecular weight excluding hydrogens is 232 g/mol. The van der Waals surface area contributed by atoms with Gasteiger partial charge < -0.3 is 20.5 Å². The van der Waals surface area contributed by atoms with E-state index in [1.807, 2.05) is 30.1 Å². The van der Waals surface area contributed by atoms with Gasteiger partial charge in [0, 0.05) is 25.2 Å². The van der Waals surface area contributed by atoms with Gasteiger partial charge in [-0.25, -0.2) is 0 Å². The van der Waals surface area contributed by atoms with E-state index in [4.69, 9.17) is 15.6 Å². The van der Waals surface area contributed by atoms with Gasteiger partial charge in [0.15, 0.2) is 0 Å². The summed E-state index contributed by atoms with van der Waals surface area (Å²) in [7, 11) is 3.51. The van der Waals surface area contributed by atoms with E-state index in [0.717, 1.165) is 16.9 Å². The highest BCUT2D eigenvalue weighted by molar-refractivity contribution is 5.66. The second-order valence-electron chi connectivity index (χ2n) is 4.23. The first kappa shape index (κ1) is 14.5. The minimum Gasteiger partial charge on any atom is -0.496 e. The van der Waals surface area contributed by atoms with Crippen molar-refractivity contribution in [2.24, 2.45) is 5.73 Å². The lowest BCUT2D eigenvalue weighted by Gasteiger charge is -2.16. The lowest BCUT2D eigenvalue weighted by molar-refractivity contribution is -0.137. The molecule has 3 N–H and O–H groups in total. The first-order valence-corrected chi connectivity index (χ1v) is 5.83. The molecule has 1 aromatic rings. The van der Waals surface area contributed by atoms with Crippen LogP contribution in [0.4, 0.5) is 0 Å². The maximum Gasteiger partial charge on any atom is 0.304 e. The zero-order valence-electron chi connectivity index (χ0n) is 10.8. The van der Waals surface area contributed by atoms with Crippen LogP contribution in [0.2, 0.25) is 0 Å². The number of hydrogen-bond donors (Lipinski definition) is 2. The smallest absolute Gasteiger partial charge is 0.304 e. The van der Waals surface area contributed by atoms with Crippen LogP contribution in [0.15, 0.2) is 18.2 Å². The number of hydrogen-bond acceptors (Lipinski definition) is 4. The van der Waals surface area contributed by atoms with Crippen LogP contribution in [-0.2, 0) is 17.9 Å². The van der Waals surface area contributed by atoms with Crippen molar-refractivity contribution in [3.05, 3.63) is 29.3 Å². The van der Waals surface area contributed by atoms with E-state index in [0.29, 0.717) is 19.6 Å². The van der Waals surface area contributed by atoms with E-state index in [1.165, 1.54) is 0 Å². The summed E-state index contributed by atoms with van der Waals surface area (Å²) in [4.78, 5) is 12.4. The highest BCUT2D eigenvalue weighted by Crippen LogP contribution is 2.20. The van der Waals surface area contributed by atoms with Crippen molar-refractivity contribution in [2.45, 2.75) is 19.5 Å². The van der Waals surface area contributed by atoms with Gasteiger partial charge in [0.05, 0.1) is 13.5 Å². The van der Waals surface area contributed by atoms with Crippen LogP contribution in [0.5, 0.6) is 5.75 Å². The average molecular weight is 252 g/mol. The fraction of sp³-hybridized carbons (Fsp3) is 0.462. The molecule has 0 amide bonds. The van der Waals surface area contributed by atoms with E-state index in [2.05, 4.69) is 0 Å². The van der Waals surface area contributed by atoms with E-state index in [9.17, 15) is 4.79 Å². The summed E-state index contributed by atoms with van der Waals surface area (Å²) in [5.74, 6) is -0.000421. The molecule has 0 radical (unpaired) electrons. The lowest BCUT2D eigenvalue weighted by Crippen LogP contribution is -2.21. The quantitative estimate of drug-likeness (QED) is 0.759. The van der Waals surface area contributed by atoms with Crippen LogP contribution in [0, 0.1) is 0 Å². The summed E-state index contributed by atoms with van der Waals surface area (Å²) >= 11 is 0. The molecule has 0 unspecified atom stereocenters. The largest absolute Gasteiger partial charge is 0.496 e. The molecule has 0 saturated heterocycles. The van der Waals surface area contributed by atoms with Crippen LogP contribution in [0.3, 0.4) is 0 Å². The topological polar surface area (TPSA) is 75.8 Å². The molecule has 18 heavy (non-hydrogen) atoms. The molecule has 0 bridgehead atoms. The number of carboxylic acid groups (broad SMARTS) is 1. The minimum absolute atomic E-state index is 0.147. The summed E-state index contributed by atoms with van der Waals surface area (Å²) in [6.07, 6.45) is 0.147. The maximum absolute atomic E-state index is 10.5. The van der Waals surface area contributed by atoms with Gasteiger partial charge in [-0.15, -0.1) is 0 Å². The molecule has 0 heterocycles. The Morgan fingerprint density at radius 2 is 2.22 bits per heavy atom. The second kappa shape index (κ2) is 6.98. The number of aliphatic carboxylic acids is 1. The van der Waals surface area contributed by atoms with Crippen molar-refractivity contribution in [3.8, 4) is 5.75 Å². The fourth-order valence-electron chi connectivity index (χ4n) is 1.73. The monoisotopic (exact) mass is 252 g/mol. The number of methoxy groups -OCH3 is 1. The van der Waals surface area contributed by atoms with Crippen LogP contribution in [-0.4, -0.2) is 36.7 Å². The number of carbonyl (C=O) groups is 1. The number of carboxylic acids is 1. The minimum atomic E-state index is -0.780. The third kappa shape index (κ3) is 4.35. The van der Waals surface area contributed by atoms with Crippen molar-refractivity contribution in [3.63, 3.8) is 0 Å². The molecule has 0 atom stereocenters. The Morgan fingerprint density at radius 1 is 1.50 bits per heavy atom. The van der Waals surface area contributed by atoms with Crippen molar-refractivity contribution in [1.82, 2.24) is 4.90 Å². The first-order chi connectivity index (χ1) is 8.56. The summed E-state index contributed by atoms with van der Waals surface area (Å²) in [6, 6.07) is 5.88. The zero-order valence-corrected chi connectivity index (χ0v) is 10.8. The molecule has 100 valence electrons. The Kier molecular flexibility index (Phi) is 5.61. The van der Waals surface area contributed by atoms with Crippen LogP contribution in [0.1, 0.15) is 17.5 Å². The van der Waals surface area contributed by atoms with Gasteiger partial charge in [0.2, 0.25) is 0 Å². The summed E-state index contributed by atoms with van der Waals surface area (Å²) in [5.41, 5.74) is 7.65.